The first-order valence-corrected chi connectivity index (χ1v) is 8.42. The van der Waals surface area contributed by atoms with E-state index in [0.29, 0.717) is 4.96 Å². The largest absolute Gasteiger partial charge is 0.306 e. The summed E-state index contributed by atoms with van der Waals surface area (Å²) < 4.78 is 29.2. The van der Waals surface area contributed by atoms with Crippen molar-refractivity contribution < 1.29 is 8.42 Å². The molecule has 0 atom stereocenters. The van der Waals surface area contributed by atoms with Crippen molar-refractivity contribution in [3.63, 3.8) is 0 Å². The summed E-state index contributed by atoms with van der Waals surface area (Å²) in [7, 11) is -3.62. The highest BCUT2D eigenvalue weighted by Gasteiger charge is 2.29. The van der Waals surface area contributed by atoms with Gasteiger partial charge in [0.15, 0.2) is 10.8 Å². The fourth-order valence-corrected chi connectivity index (χ4v) is 4.76. The van der Waals surface area contributed by atoms with Crippen LogP contribution in [0.2, 0.25) is 0 Å². The molecule has 0 saturated heterocycles. The molecule has 4 N–H and O–H groups in total. The van der Waals surface area contributed by atoms with E-state index in [-0.39, 0.29) is 16.9 Å². The first kappa shape index (κ1) is 12.9. The van der Waals surface area contributed by atoms with Crippen molar-refractivity contribution in [1.29, 1.82) is 0 Å². The quantitative estimate of drug-likeness (QED) is 0.575. The molecule has 1 aliphatic carbocycles. The molecule has 9 heteroatoms. The highest BCUT2D eigenvalue weighted by Crippen LogP contribution is 2.26. The molecule has 0 aromatic carbocycles. The van der Waals surface area contributed by atoms with Gasteiger partial charge in [-0.05, 0) is 12.8 Å². The van der Waals surface area contributed by atoms with Gasteiger partial charge in [0.05, 0.1) is 0 Å². The summed E-state index contributed by atoms with van der Waals surface area (Å²) in [5.74, 6) is 5.54. The lowest BCUT2D eigenvalue weighted by Gasteiger charge is -2.12. The Morgan fingerprint density at radius 2 is 2.16 bits per heavy atom. The number of hydrazine groups is 1. The molecule has 0 radical (unpaired) electrons. The van der Waals surface area contributed by atoms with Crippen molar-refractivity contribution >= 4 is 32.1 Å². The molecule has 1 fully saturated rings. The van der Waals surface area contributed by atoms with Crippen LogP contribution >= 0.6 is 11.3 Å². The lowest BCUT2D eigenvalue weighted by atomic mass is 10.3. The van der Waals surface area contributed by atoms with E-state index < -0.39 is 10.0 Å². The summed E-state index contributed by atoms with van der Waals surface area (Å²) in [5, 5.41) is 1.87. The molecule has 2 aromatic rings. The Balaban J connectivity index is 2.03. The van der Waals surface area contributed by atoms with Crippen molar-refractivity contribution in [3.05, 3.63) is 11.6 Å². The zero-order chi connectivity index (χ0) is 13.5. The predicted octanol–water partition coefficient (Wildman–Crippen LogP) is 0.902. The van der Waals surface area contributed by atoms with Gasteiger partial charge in [-0.25, -0.2) is 19.0 Å². The highest BCUT2D eigenvalue weighted by molar-refractivity contribution is 7.89. The summed E-state index contributed by atoms with van der Waals surface area (Å²) >= 11 is 1.36. The number of anilines is 1. The Bertz CT molecular complexity index is 684. The van der Waals surface area contributed by atoms with E-state index in [2.05, 4.69) is 15.1 Å². The van der Waals surface area contributed by atoms with Crippen LogP contribution in [0, 0.1) is 0 Å². The number of hydrogen-bond donors (Lipinski definition) is 3. The average molecular weight is 301 g/mol. The Kier molecular flexibility index (Phi) is 3.21. The minimum Gasteiger partial charge on any atom is -0.306 e. The minimum atomic E-state index is -3.62. The molecule has 0 amide bonds. The van der Waals surface area contributed by atoms with Crippen LogP contribution in [0.25, 0.3) is 4.96 Å². The molecule has 0 spiro atoms. The second-order valence-electron chi connectivity index (χ2n) is 4.57. The fourth-order valence-electron chi connectivity index (χ4n) is 2.43. The van der Waals surface area contributed by atoms with Crippen LogP contribution < -0.4 is 16.0 Å². The Morgan fingerprint density at radius 1 is 1.42 bits per heavy atom. The normalized spacial score (nSPS) is 17.3. The molecule has 1 saturated carbocycles. The van der Waals surface area contributed by atoms with E-state index in [1.54, 1.807) is 11.6 Å². The van der Waals surface area contributed by atoms with Gasteiger partial charge in [-0.3, -0.25) is 4.40 Å². The van der Waals surface area contributed by atoms with Gasteiger partial charge in [-0.15, -0.1) is 11.3 Å². The van der Waals surface area contributed by atoms with Crippen molar-refractivity contribution in [1.82, 2.24) is 14.1 Å². The van der Waals surface area contributed by atoms with Gasteiger partial charge in [-0.2, -0.15) is 4.98 Å². The van der Waals surface area contributed by atoms with Crippen molar-refractivity contribution in [2.75, 3.05) is 5.43 Å². The van der Waals surface area contributed by atoms with E-state index in [9.17, 15) is 8.42 Å². The van der Waals surface area contributed by atoms with Gasteiger partial charge in [0, 0.05) is 17.6 Å². The first-order valence-electron chi connectivity index (χ1n) is 6.06. The molecule has 104 valence electrons. The number of imidazole rings is 1. The molecule has 2 heterocycles. The van der Waals surface area contributed by atoms with Crippen LogP contribution in [0.4, 0.5) is 5.82 Å². The van der Waals surface area contributed by atoms with Gasteiger partial charge in [0.2, 0.25) is 5.03 Å². The van der Waals surface area contributed by atoms with Crippen molar-refractivity contribution in [2.45, 2.75) is 36.8 Å². The number of nitrogens with zero attached hydrogens (tertiary/aromatic N) is 2. The van der Waals surface area contributed by atoms with Gasteiger partial charge < -0.3 is 5.43 Å². The van der Waals surface area contributed by atoms with Crippen LogP contribution in [0.15, 0.2) is 16.6 Å². The SMILES string of the molecule is NNc1nc2sccn2c1S(=O)(=O)NC1CCCC1. The second kappa shape index (κ2) is 4.75. The van der Waals surface area contributed by atoms with E-state index in [1.807, 2.05) is 0 Å². The van der Waals surface area contributed by atoms with Gasteiger partial charge >= 0.3 is 0 Å². The van der Waals surface area contributed by atoms with Crippen LogP contribution in [0.5, 0.6) is 0 Å². The molecule has 19 heavy (non-hydrogen) atoms. The molecule has 0 aliphatic heterocycles. The third-order valence-corrected chi connectivity index (χ3v) is 5.59. The maximum absolute atomic E-state index is 12.5. The van der Waals surface area contributed by atoms with Gasteiger partial charge in [-0.1, -0.05) is 12.8 Å². The molecule has 1 aliphatic rings. The number of nitrogen functional groups attached to an aromatic ring is 1. The number of rotatable bonds is 4. The summed E-state index contributed by atoms with van der Waals surface area (Å²) in [5.41, 5.74) is 2.36. The van der Waals surface area contributed by atoms with E-state index in [4.69, 9.17) is 5.84 Å². The van der Waals surface area contributed by atoms with Crippen molar-refractivity contribution in [3.8, 4) is 0 Å². The molecule has 3 rings (SSSR count). The lowest BCUT2D eigenvalue weighted by molar-refractivity contribution is 0.548. The van der Waals surface area contributed by atoms with Crippen LogP contribution in [0.1, 0.15) is 25.7 Å². The molecular formula is C10H15N5O2S2. The lowest BCUT2D eigenvalue weighted by Crippen LogP contribution is -2.34. The predicted molar refractivity (Wildman–Crippen MR) is 73.5 cm³/mol. The molecule has 7 nitrogen and oxygen atoms in total. The Labute approximate surface area is 114 Å². The monoisotopic (exact) mass is 301 g/mol. The van der Waals surface area contributed by atoms with Gasteiger partial charge in [0.1, 0.15) is 0 Å². The van der Waals surface area contributed by atoms with Crippen LogP contribution in [0.3, 0.4) is 0 Å². The third kappa shape index (κ3) is 2.22. The van der Waals surface area contributed by atoms with Crippen molar-refractivity contribution in [2.24, 2.45) is 5.84 Å². The average Bonchev–Trinajstić information content (AvgIpc) is 3.01. The third-order valence-electron chi connectivity index (χ3n) is 3.29. The summed E-state index contributed by atoms with van der Waals surface area (Å²) in [6, 6.07) is 0.0137. The summed E-state index contributed by atoms with van der Waals surface area (Å²) in [4.78, 5) is 4.76. The number of nitrogens with one attached hydrogen (secondary N) is 2. The van der Waals surface area contributed by atoms with Gasteiger partial charge in [0.25, 0.3) is 10.0 Å². The molecule has 0 bridgehead atoms. The fraction of sp³-hybridized carbons (Fsp3) is 0.500. The van der Waals surface area contributed by atoms with E-state index >= 15 is 0 Å². The maximum atomic E-state index is 12.5. The molecule has 0 unspecified atom stereocenters. The summed E-state index contributed by atoms with van der Waals surface area (Å²) in [6.07, 6.45) is 5.58. The minimum absolute atomic E-state index is 0.0137. The standard InChI is InChI=1S/C10H15N5O2S2/c11-13-8-9(15-5-6-18-10(15)12-8)19(16,17)14-7-3-1-2-4-7/h5-7,13-14H,1-4,11H2. The highest BCUT2D eigenvalue weighted by atomic mass is 32.2. The van der Waals surface area contributed by atoms with E-state index in [0.717, 1.165) is 25.7 Å². The van der Waals surface area contributed by atoms with E-state index in [1.165, 1.54) is 15.7 Å². The number of aromatic nitrogens is 2. The number of hydrogen-bond acceptors (Lipinski definition) is 6. The Morgan fingerprint density at radius 3 is 2.84 bits per heavy atom. The zero-order valence-corrected chi connectivity index (χ0v) is 11.8. The number of nitrogens with two attached hydrogens (primary N) is 1. The summed E-state index contributed by atoms with van der Waals surface area (Å²) in [6.45, 7) is 0. The number of fused-ring (bicyclic) bond motifs is 1. The Hall–Kier alpha value is -1.16. The van der Waals surface area contributed by atoms with Crippen LogP contribution in [-0.2, 0) is 10.0 Å². The topological polar surface area (TPSA) is 102 Å². The molecular weight excluding hydrogens is 286 g/mol. The smallest absolute Gasteiger partial charge is 0.260 e. The first-order chi connectivity index (χ1) is 9.12. The second-order valence-corrected chi connectivity index (χ2v) is 7.07. The number of sulfonamides is 1. The van der Waals surface area contributed by atoms with Crippen LogP contribution in [-0.4, -0.2) is 23.8 Å². The molecule has 2 aromatic heterocycles. The number of thiazole rings is 1. The zero-order valence-electron chi connectivity index (χ0n) is 10.2. The maximum Gasteiger partial charge on any atom is 0.260 e.